The molecule has 0 aliphatic heterocycles. The van der Waals surface area contributed by atoms with Gasteiger partial charge < -0.3 is 15.8 Å². The van der Waals surface area contributed by atoms with Crippen molar-refractivity contribution >= 4 is 35.2 Å². The molecular formula is C16H17ClN4O3. The number of anilines is 1. The highest BCUT2D eigenvalue weighted by atomic mass is 35.5. The summed E-state index contributed by atoms with van der Waals surface area (Å²) in [6.45, 7) is 1.62. The Balaban J connectivity index is 1.97. The Hall–Kier alpha value is -2.80. The summed E-state index contributed by atoms with van der Waals surface area (Å²) in [6, 6.07) is 6.57. The lowest BCUT2D eigenvalue weighted by Gasteiger charge is -2.05. The highest BCUT2D eigenvalue weighted by Crippen LogP contribution is 2.20. The summed E-state index contributed by atoms with van der Waals surface area (Å²) < 4.78 is 6.68. The number of ether oxygens (including phenoxy) is 1. The molecule has 0 unspecified atom stereocenters. The van der Waals surface area contributed by atoms with Gasteiger partial charge in [0.05, 0.1) is 5.69 Å². The van der Waals surface area contributed by atoms with Crippen LogP contribution >= 0.6 is 11.6 Å². The number of aryl methyl sites for hydroxylation is 2. The molecule has 1 aromatic heterocycles. The van der Waals surface area contributed by atoms with E-state index in [1.54, 1.807) is 42.1 Å². The second-order valence-corrected chi connectivity index (χ2v) is 5.37. The van der Waals surface area contributed by atoms with Crippen LogP contribution in [0.25, 0.3) is 6.08 Å². The molecule has 0 aliphatic rings. The van der Waals surface area contributed by atoms with Crippen LogP contribution in [0.5, 0.6) is 5.75 Å². The lowest BCUT2D eigenvalue weighted by atomic mass is 10.2. The molecule has 126 valence electrons. The normalized spacial score (nSPS) is 10.8. The van der Waals surface area contributed by atoms with Gasteiger partial charge >= 0.3 is 0 Å². The highest BCUT2D eigenvalue weighted by molar-refractivity contribution is 6.31. The average molecular weight is 349 g/mol. The Kier molecular flexibility index (Phi) is 5.59. The van der Waals surface area contributed by atoms with E-state index >= 15 is 0 Å². The second kappa shape index (κ2) is 7.65. The van der Waals surface area contributed by atoms with Crippen LogP contribution in [-0.4, -0.2) is 28.2 Å². The van der Waals surface area contributed by atoms with E-state index in [1.807, 2.05) is 6.92 Å². The topological polar surface area (TPSA) is 99.2 Å². The van der Waals surface area contributed by atoms with E-state index in [1.165, 1.54) is 6.08 Å². The van der Waals surface area contributed by atoms with Gasteiger partial charge in [0.25, 0.3) is 5.91 Å². The minimum atomic E-state index is -0.554. The van der Waals surface area contributed by atoms with Gasteiger partial charge in [-0.3, -0.25) is 14.3 Å². The first kappa shape index (κ1) is 17.6. The molecule has 0 radical (unpaired) electrons. The zero-order chi connectivity index (χ0) is 17.7. The molecule has 0 fully saturated rings. The van der Waals surface area contributed by atoms with E-state index in [0.29, 0.717) is 22.2 Å². The number of amides is 2. The van der Waals surface area contributed by atoms with Gasteiger partial charge in [-0.15, -0.1) is 0 Å². The van der Waals surface area contributed by atoms with E-state index in [2.05, 4.69) is 10.4 Å². The van der Waals surface area contributed by atoms with Crippen LogP contribution in [0.2, 0.25) is 5.15 Å². The van der Waals surface area contributed by atoms with Crippen LogP contribution in [0.1, 0.15) is 11.3 Å². The van der Waals surface area contributed by atoms with Crippen molar-refractivity contribution < 1.29 is 14.3 Å². The molecule has 2 aromatic rings. The number of aromatic nitrogens is 2. The van der Waals surface area contributed by atoms with Crippen LogP contribution in [0.4, 0.5) is 5.69 Å². The van der Waals surface area contributed by atoms with E-state index in [4.69, 9.17) is 22.1 Å². The Morgan fingerprint density at radius 2 is 2.04 bits per heavy atom. The summed E-state index contributed by atoms with van der Waals surface area (Å²) in [7, 11) is 1.73. The first-order valence-corrected chi connectivity index (χ1v) is 7.44. The van der Waals surface area contributed by atoms with Gasteiger partial charge in [-0.25, -0.2) is 0 Å². The number of rotatable bonds is 6. The van der Waals surface area contributed by atoms with E-state index in [9.17, 15) is 9.59 Å². The Labute approximate surface area is 144 Å². The number of nitrogens with two attached hydrogens (primary N) is 1. The van der Waals surface area contributed by atoms with Gasteiger partial charge in [-0.1, -0.05) is 11.6 Å². The van der Waals surface area contributed by atoms with Crippen molar-refractivity contribution in [3.8, 4) is 5.75 Å². The van der Waals surface area contributed by atoms with Crippen molar-refractivity contribution in [2.45, 2.75) is 6.92 Å². The number of hydrogen-bond donors (Lipinski definition) is 2. The van der Waals surface area contributed by atoms with Crippen LogP contribution in [0, 0.1) is 6.92 Å². The first-order valence-electron chi connectivity index (χ1n) is 7.06. The molecule has 1 heterocycles. The summed E-state index contributed by atoms with van der Waals surface area (Å²) in [4.78, 5) is 22.6. The molecule has 8 heteroatoms. The third-order valence-corrected chi connectivity index (χ3v) is 3.55. The molecule has 0 spiro atoms. The van der Waals surface area contributed by atoms with Crippen molar-refractivity contribution in [1.29, 1.82) is 0 Å². The maximum Gasteiger partial charge on any atom is 0.255 e. The number of nitrogens with zero attached hydrogens (tertiary/aromatic N) is 2. The smallest absolute Gasteiger partial charge is 0.255 e. The molecule has 0 saturated carbocycles. The highest BCUT2D eigenvalue weighted by Gasteiger charge is 2.08. The number of halogens is 1. The number of carbonyl (C=O) groups is 2. The molecule has 2 rings (SSSR count). The van der Waals surface area contributed by atoms with Gasteiger partial charge in [0.15, 0.2) is 6.61 Å². The number of hydrogen-bond acceptors (Lipinski definition) is 4. The molecule has 0 saturated heterocycles. The molecule has 0 bridgehead atoms. The zero-order valence-electron chi connectivity index (χ0n) is 13.2. The summed E-state index contributed by atoms with van der Waals surface area (Å²) in [5, 5.41) is 7.34. The number of carbonyl (C=O) groups excluding carboxylic acids is 2. The number of nitrogens with one attached hydrogen (secondary N) is 1. The molecule has 0 atom stereocenters. The lowest BCUT2D eigenvalue weighted by molar-refractivity contribution is -0.120. The van der Waals surface area contributed by atoms with Crippen LogP contribution in [0.3, 0.4) is 0 Å². The fraction of sp³-hybridized carbons (Fsp3) is 0.188. The van der Waals surface area contributed by atoms with Gasteiger partial charge in [0, 0.05) is 24.4 Å². The largest absolute Gasteiger partial charge is 0.484 e. The minimum Gasteiger partial charge on any atom is -0.484 e. The summed E-state index contributed by atoms with van der Waals surface area (Å²) in [5.41, 5.74) is 7.02. The van der Waals surface area contributed by atoms with Crippen molar-refractivity contribution in [3.63, 3.8) is 0 Å². The minimum absolute atomic E-state index is 0.195. The molecule has 24 heavy (non-hydrogen) atoms. The summed E-state index contributed by atoms with van der Waals surface area (Å²) >= 11 is 6.10. The van der Waals surface area contributed by atoms with Crippen LogP contribution < -0.4 is 15.8 Å². The van der Waals surface area contributed by atoms with Gasteiger partial charge in [-0.05, 0) is 37.3 Å². The zero-order valence-corrected chi connectivity index (χ0v) is 14.0. The quantitative estimate of drug-likeness (QED) is 0.779. The fourth-order valence-corrected chi connectivity index (χ4v) is 2.21. The van der Waals surface area contributed by atoms with Crippen molar-refractivity contribution in [3.05, 3.63) is 46.8 Å². The average Bonchev–Trinajstić information content (AvgIpc) is 2.77. The predicted molar refractivity (Wildman–Crippen MR) is 91.8 cm³/mol. The number of primary amides is 1. The summed E-state index contributed by atoms with van der Waals surface area (Å²) in [6.07, 6.45) is 3.00. The van der Waals surface area contributed by atoms with Crippen molar-refractivity contribution in [1.82, 2.24) is 9.78 Å². The molecule has 0 aliphatic carbocycles. The maximum atomic E-state index is 12.0. The molecule has 1 aromatic carbocycles. The Morgan fingerprint density at radius 3 is 2.58 bits per heavy atom. The van der Waals surface area contributed by atoms with E-state index < -0.39 is 5.91 Å². The lowest BCUT2D eigenvalue weighted by Crippen LogP contribution is -2.20. The molecule has 2 amide bonds. The second-order valence-electron chi connectivity index (χ2n) is 5.02. The summed E-state index contributed by atoms with van der Waals surface area (Å²) in [5.74, 6) is -0.373. The van der Waals surface area contributed by atoms with Crippen LogP contribution in [0.15, 0.2) is 30.3 Å². The number of benzene rings is 1. The Morgan fingerprint density at radius 1 is 1.38 bits per heavy atom. The van der Waals surface area contributed by atoms with E-state index in [-0.39, 0.29) is 12.5 Å². The van der Waals surface area contributed by atoms with Crippen molar-refractivity contribution in [2.75, 3.05) is 11.9 Å². The molecule has 7 nitrogen and oxygen atoms in total. The third kappa shape index (κ3) is 4.60. The van der Waals surface area contributed by atoms with Gasteiger partial charge in [0.1, 0.15) is 10.9 Å². The standard InChI is InChI=1S/C16H17ClN4O3/c1-10-13(16(17)21(2)20-10)7-8-15(23)19-11-3-5-12(6-4-11)24-9-14(18)22/h3-8H,9H2,1-2H3,(H2,18,22)(H,19,23)/b8-7+. The monoisotopic (exact) mass is 348 g/mol. The molecule has 3 N–H and O–H groups in total. The Bertz CT molecular complexity index is 781. The van der Waals surface area contributed by atoms with Gasteiger partial charge in [-0.2, -0.15) is 5.10 Å². The van der Waals surface area contributed by atoms with Crippen molar-refractivity contribution in [2.24, 2.45) is 12.8 Å². The van der Waals surface area contributed by atoms with Crippen LogP contribution in [-0.2, 0) is 16.6 Å². The van der Waals surface area contributed by atoms with E-state index in [0.717, 1.165) is 5.69 Å². The third-order valence-electron chi connectivity index (χ3n) is 3.10. The molecular weight excluding hydrogens is 332 g/mol. The SMILES string of the molecule is Cc1nn(C)c(Cl)c1/C=C/C(=O)Nc1ccc(OCC(N)=O)cc1. The first-order chi connectivity index (χ1) is 11.4. The fourth-order valence-electron chi connectivity index (χ4n) is 1.97. The maximum absolute atomic E-state index is 12.0. The predicted octanol–water partition coefficient (Wildman–Crippen LogP) is 1.90. The van der Waals surface area contributed by atoms with Gasteiger partial charge in [0.2, 0.25) is 5.91 Å².